The van der Waals surface area contributed by atoms with E-state index < -0.39 is 5.97 Å². The Morgan fingerprint density at radius 2 is 2.18 bits per heavy atom. The van der Waals surface area contributed by atoms with Crippen molar-refractivity contribution in [3.8, 4) is 0 Å². The number of ether oxygens (including phenoxy) is 1. The van der Waals surface area contributed by atoms with Crippen molar-refractivity contribution >= 4 is 5.97 Å². The first-order valence-corrected chi connectivity index (χ1v) is 6.38. The van der Waals surface area contributed by atoms with Crippen LogP contribution in [0, 0.1) is 5.92 Å². The Labute approximate surface area is 103 Å². The van der Waals surface area contributed by atoms with Crippen LogP contribution in [-0.4, -0.2) is 36.9 Å². The van der Waals surface area contributed by atoms with Crippen LogP contribution in [0.1, 0.15) is 33.1 Å². The fraction of sp³-hybridized carbons (Fsp3) is 0.769. The molecule has 1 aliphatic rings. The molecule has 0 aromatic heterocycles. The van der Waals surface area contributed by atoms with Crippen LogP contribution in [0.2, 0.25) is 0 Å². The minimum Gasteiger partial charge on any atom is -0.478 e. The van der Waals surface area contributed by atoms with Crippen LogP contribution in [0.15, 0.2) is 11.6 Å². The predicted octanol–water partition coefficient (Wildman–Crippen LogP) is 1.81. The van der Waals surface area contributed by atoms with Gasteiger partial charge in [-0.25, -0.2) is 4.79 Å². The molecule has 98 valence electrons. The van der Waals surface area contributed by atoms with Crippen LogP contribution in [0.3, 0.4) is 0 Å². The number of carboxylic acid groups (broad SMARTS) is 1. The zero-order valence-electron chi connectivity index (χ0n) is 10.7. The molecule has 4 nitrogen and oxygen atoms in total. The van der Waals surface area contributed by atoms with Crippen molar-refractivity contribution in [2.45, 2.75) is 39.2 Å². The summed E-state index contributed by atoms with van der Waals surface area (Å²) in [7, 11) is 0. The number of carbonyl (C=O) groups is 1. The summed E-state index contributed by atoms with van der Waals surface area (Å²) in [6.07, 6.45) is 4.54. The summed E-state index contributed by atoms with van der Waals surface area (Å²) < 4.78 is 5.32. The Hall–Kier alpha value is -0.870. The molecule has 0 amide bonds. The fourth-order valence-electron chi connectivity index (χ4n) is 2.13. The highest BCUT2D eigenvalue weighted by atomic mass is 16.5. The molecule has 0 aromatic carbocycles. The summed E-state index contributed by atoms with van der Waals surface area (Å²) in [5.41, 5.74) is 0.483. The van der Waals surface area contributed by atoms with Gasteiger partial charge in [0.05, 0.1) is 0 Å². The van der Waals surface area contributed by atoms with Gasteiger partial charge >= 0.3 is 5.97 Å². The first-order valence-electron chi connectivity index (χ1n) is 6.38. The maximum atomic E-state index is 10.8. The number of hydrogen-bond donors (Lipinski definition) is 2. The van der Waals surface area contributed by atoms with Crippen LogP contribution < -0.4 is 5.32 Å². The van der Waals surface area contributed by atoms with Gasteiger partial charge in [0, 0.05) is 31.4 Å². The van der Waals surface area contributed by atoms with Crippen LogP contribution in [-0.2, 0) is 9.53 Å². The standard InChI is InChI=1S/C13H23NO3/c1-3-11(13(15)16)4-7-14-10(2)12-5-8-17-9-6-12/h4,10,12,14H,3,5-9H2,1-2H3,(H,15,16). The molecule has 17 heavy (non-hydrogen) atoms. The fourth-order valence-corrected chi connectivity index (χ4v) is 2.13. The van der Waals surface area contributed by atoms with Gasteiger partial charge in [-0.05, 0) is 32.1 Å². The molecule has 4 heteroatoms. The smallest absolute Gasteiger partial charge is 0.331 e. The summed E-state index contributed by atoms with van der Waals surface area (Å²) in [6.45, 7) is 6.36. The Morgan fingerprint density at radius 3 is 2.71 bits per heavy atom. The molecular formula is C13H23NO3. The second-order valence-electron chi connectivity index (χ2n) is 4.53. The van der Waals surface area contributed by atoms with Gasteiger partial charge in [-0.3, -0.25) is 0 Å². The van der Waals surface area contributed by atoms with Crippen molar-refractivity contribution in [2.24, 2.45) is 5.92 Å². The third-order valence-electron chi connectivity index (χ3n) is 3.42. The number of carboxylic acids is 1. The number of nitrogens with one attached hydrogen (secondary N) is 1. The molecule has 1 rings (SSSR count). The molecule has 1 unspecified atom stereocenters. The van der Waals surface area contributed by atoms with Crippen molar-refractivity contribution in [2.75, 3.05) is 19.8 Å². The van der Waals surface area contributed by atoms with Crippen molar-refractivity contribution in [1.82, 2.24) is 5.32 Å². The Bertz CT molecular complexity index is 270. The number of rotatable bonds is 6. The van der Waals surface area contributed by atoms with Crippen molar-refractivity contribution in [3.05, 3.63) is 11.6 Å². The second kappa shape index (κ2) is 7.45. The second-order valence-corrected chi connectivity index (χ2v) is 4.53. The normalized spacial score (nSPS) is 20.2. The van der Waals surface area contributed by atoms with Gasteiger partial charge in [0.25, 0.3) is 0 Å². The molecule has 0 radical (unpaired) electrons. The average Bonchev–Trinajstić information content (AvgIpc) is 2.35. The van der Waals surface area contributed by atoms with Gasteiger partial charge in [0.1, 0.15) is 0 Å². The average molecular weight is 241 g/mol. The summed E-state index contributed by atoms with van der Waals surface area (Å²) in [4.78, 5) is 10.8. The summed E-state index contributed by atoms with van der Waals surface area (Å²) >= 11 is 0. The molecule has 0 spiro atoms. The van der Waals surface area contributed by atoms with Gasteiger partial charge in [-0.15, -0.1) is 0 Å². The molecule has 1 aliphatic heterocycles. The summed E-state index contributed by atoms with van der Waals surface area (Å²) in [5.74, 6) is -0.167. The minimum atomic E-state index is -0.812. The topological polar surface area (TPSA) is 58.6 Å². The first-order chi connectivity index (χ1) is 8.15. The quantitative estimate of drug-likeness (QED) is 0.696. The Balaban J connectivity index is 2.31. The molecule has 0 aliphatic carbocycles. The third kappa shape index (κ3) is 4.88. The number of aliphatic carboxylic acids is 1. The van der Waals surface area contributed by atoms with Gasteiger partial charge in [-0.2, -0.15) is 0 Å². The minimum absolute atomic E-state index is 0.419. The molecular weight excluding hydrogens is 218 g/mol. The van der Waals surface area contributed by atoms with E-state index in [-0.39, 0.29) is 0 Å². The Kier molecular flexibility index (Phi) is 6.22. The molecule has 0 aromatic rings. The highest BCUT2D eigenvalue weighted by Gasteiger charge is 2.19. The summed E-state index contributed by atoms with van der Waals surface area (Å²) in [6, 6.07) is 0.419. The third-order valence-corrected chi connectivity index (χ3v) is 3.42. The van der Waals surface area contributed by atoms with E-state index in [0.29, 0.717) is 30.5 Å². The van der Waals surface area contributed by atoms with E-state index in [0.717, 1.165) is 26.1 Å². The Morgan fingerprint density at radius 1 is 1.53 bits per heavy atom. The van der Waals surface area contributed by atoms with E-state index in [1.54, 1.807) is 6.08 Å². The van der Waals surface area contributed by atoms with E-state index in [1.807, 2.05) is 6.92 Å². The van der Waals surface area contributed by atoms with Crippen LogP contribution in [0.4, 0.5) is 0 Å². The first kappa shape index (κ1) is 14.2. The monoisotopic (exact) mass is 241 g/mol. The largest absolute Gasteiger partial charge is 0.478 e. The zero-order chi connectivity index (χ0) is 12.7. The van der Waals surface area contributed by atoms with E-state index in [1.165, 1.54) is 0 Å². The van der Waals surface area contributed by atoms with Crippen LogP contribution in [0.25, 0.3) is 0 Å². The van der Waals surface area contributed by atoms with Crippen molar-refractivity contribution < 1.29 is 14.6 Å². The molecule has 1 saturated heterocycles. The lowest BCUT2D eigenvalue weighted by atomic mass is 9.93. The SMILES string of the molecule is CCC(=CCNC(C)C1CCOCC1)C(=O)O. The molecule has 0 saturated carbocycles. The maximum absolute atomic E-state index is 10.8. The molecule has 2 N–H and O–H groups in total. The van der Waals surface area contributed by atoms with E-state index in [9.17, 15) is 4.79 Å². The van der Waals surface area contributed by atoms with Crippen LogP contribution in [0.5, 0.6) is 0 Å². The number of hydrogen-bond acceptors (Lipinski definition) is 3. The highest BCUT2D eigenvalue weighted by molar-refractivity contribution is 5.86. The van der Waals surface area contributed by atoms with Crippen molar-refractivity contribution in [1.29, 1.82) is 0 Å². The predicted molar refractivity (Wildman–Crippen MR) is 67.0 cm³/mol. The van der Waals surface area contributed by atoms with Gasteiger partial charge < -0.3 is 15.2 Å². The lowest BCUT2D eigenvalue weighted by molar-refractivity contribution is -0.132. The van der Waals surface area contributed by atoms with E-state index in [4.69, 9.17) is 9.84 Å². The highest BCUT2D eigenvalue weighted by Crippen LogP contribution is 2.18. The lowest BCUT2D eigenvalue weighted by Crippen LogP contribution is -2.36. The maximum Gasteiger partial charge on any atom is 0.331 e. The van der Waals surface area contributed by atoms with Crippen molar-refractivity contribution in [3.63, 3.8) is 0 Å². The van der Waals surface area contributed by atoms with Crippen LogP contribution >= 0.6 is 0 Å². The van der Waals surface area contributed by atoms with Gasteiger partial charge in [-0.1, -0.05) is 13.0 Å². The molecule has 1 fully saturated rings. The van der Waals surface area contributed by atoms with Gasteiger partial charge in [0.15, 0.2) is 0 Å². The molecule has 1 atom stereocenters. The van der Waals surface area contributed by atoms with E-state index in [2.05, 4.69) is 12.2 Å². The lowest BCUT2D eigenvalue weighted by Gasteiger charge is -2.28. The zero-order valence-corrected chi connectivity index (χ0v) is 10.7. The molecule has 1 heterocycles. The molecule has 0 bridgehead atoms. The van der Waals surface area contributed by atoms with Gasteiger partial charge in [0.2, 0.25) is 0 Å². The summed E-state index contributed by atoms with van der Waals surface area (Å²) in [5, 5.41) is 12.3. The van der Waals surface area contributed by atoms with E-state index >= 15 is 0 Å².